The van der Waals surface area contributed by atoms with Gasteiger partial charge in [-0.05, 0) is 16.7 Å². The quantitative estimate of drug-likeness (QED) is 0.524. The molecule has 0 fully saturated rings. The minimum absolute atomic E-state index is 0.237. The Balaban J connectivity index is 1.41. The fraction of sp³-hybridized carbons (Fsp3) is 0.0833. The van der Waals surface area contributed by atoms with Gasteiger partial charge in [0.15, 0.2) is 5.82 Å². The van der Waals surface area contributed by atoms with E-state index in [1.165, 1.54) is 24.2 Å². The van der Waals surface area contributed by atoms with Crippen LogP contribution in [0.15, 0.2) is 79.3 Å². The van der Waals surface area contributed by atoms with Crippen molar-refractivity contribution in [2.75, 3.05) is 7.11 Å². The van der Waals surface area contributed by atoms with Crippen LogP contribution in [-0.2, 0) is 6.54 Å². The third-order valence-corrected chi connectivity index (χ3v) is 4.79. The number of nitrogens with one attached hydrogen (secondary N) is 1. The minimum Gasteiger partial charge on any atom is -0.495 e. The molecule has 4 rings (SSSR count). The minimum atomic E-state index is -0.237. The van der Waals surface area contributed by atoms with Crippen LogP contribution in [-0.4, -0.2) is 27.8 Å². The number of benzene rings is 2. The summed E-state index contributed by atoms with van der Waals surface area (Å²) in [5.41, 5.74) is 4.01. The van der Waals surface area contributed by atoms with Crippen LogP contribution in [0.25, 0.3) is 16.9 Å². The fourth-order valence-corrected chi connectivity index (χ4v) is 3.10. The normalized spacial score (nSPS) is 10.3. The number of amides is 1. The summed E-state index contributed by atoms with van der Waals surface area (Å²) in [6.07, 6.45) is 4.47. The van der Waals surface area contributed by atoms with Gasteiger partial charge in [0.2, 0.25) is 0 Å². The number of hydrogen-bond acceptors (Lipinski definition) is 5. The molecule has 7 heteroatoms. The van der Waals surface area contributed by atoms with Crippen LogP contribution in [0.5, 0.6) is 5.75 Å². The Labute approximate surface area is 179 Å². The zero-order valence-electron chi connectivity index (χ0n) is 16.8. The lowest BCUT2D eigenvalue weighted by atomic mass is 10.0. The molecule has 1 N–H and O–H groups in total. The number of nitriles is 1. The maximum absolute atomic E-state index is 12.5. The molecule has 31 heavy (non-hydrogen) atoms. The fourth-order valence-electron chi connectivity index (χ4n) is 3.10. The van der Waals surface area contributed by atoms with Gasteiger partial charge in [-0.1, -0.05) is 54.6 Å². The van der Waals surface area contributed by atoms with Crippen LogP contribution in [0.1, 0.15) is 21.5 Å². The number of methoxy groups -OCH3 is 1. The topological polar surface area (TPSA) is 92.8 Å². The molecule has 0 spiro atoms. The molecule has 0 atom stereocenters. The molecule has 2 aromatic carbocycles. The Morgan fingerprint density at radius 3 is 2.55 bits per heavy atom. The van der Waals surface area contributed by atoms with E-state index in [2.05, 4.69) is 27.5 Å². The number of nitrogens with zero attached hydrogens (tertiary/aromatic N) is 4. The lowest BCUT2D eigenvalue weighted by Crippen LogP contribution is -2.22. The standard InChI is InChI=1S/C24H19N5O2/c1-31-22-11-23(26-14-20(22)12-25)29-16-21(15-28-29)24(30)27-13-17-7-9-19(10-8-17)18-5-3-2-4-6-18/h2-11,14-16H,13H2,1H3,(H,27,30). The number of rotatable bonds is 6. The monoisotopic (exact) mass is 409 g/mol. The van der Waals surface area contributed by atoms with Crippen LogP contribution < -0.4 is 10.1 Å². The number of hydrogen-bond donors (Lipinski definition) is 1. The molecule has 2 aromatic heterocycles. The predicted molar refractivity (Wildman–Crippen MR) is 116 cm³/mol. The number of carbonyl (C=O) groups is 1. The first kappa shape index (κ1) is 19.9. The van der Waals surface area contributed by atoms with E-state index in [4.69, 9.17) is 10.00 Å². The molecule has 2 heterocycles. The van der Waals surface area contributed by atoms with Crippen molar-refractivity contribution in [2.45, 2.75) is 6.54 Å². The van der Waals surface area contributed by atoms with E-state index in [0.29, 0.717) is 29.2 Å². The van der Waals surface area contributed by atoms with E-state index in [1.54, 1.807) is 12.3 Å². The highest BCUT2D eigenvalue weighted by molar-refractivity contribution is 5.93. The van der Waals surface area contributed by atoms with E-state index in [9.17, 15) is 4.79 Å². The van der Waals surface area contributed by atoms with Crippen LogP contribution in [0.4, 0.5) is 0 Å². The van der Waals surface area contributed by atoms with Gasteiger partial charge in [-0.15, -0.1) is 0 Å². The molecular formula is C24H19N5O2. The molecule has 4 aromatic rings. The SMILES string of the molecule is COc1cc(-n2cc(C(=O)NCc3ccc(-c4ccccc4)cc3)cn2)ncc1C#N. The molecule has 0 aliphatic heterocycles. The van der Waals surface area contributed by atoms with E-state index in [-0.39, 0.29) is 5.91 Å². The first-order valence-corrected chi connectivity index (χ1v) is 9.59. The van der Waals surface area contributed by atoms with Gasteiger partial charge in [-0.2, -0.15) is 10.4 Å². The van der Waals surface area contributed by atoms with Gasteiger partial charge in [0.1, 0.15) is 17.4 Å². The summed E-state index contributed by atoms with van der Waals surface area (Å²) < 4.78 is 6.66. The molecule has 0 radical (unpaired) electrons. The maximum Gasteiger partial charge on any atom is 0.254 e. The van der Waals surface area contributed by atoms with Gasteiger partial charge in [0.05, 0.1) is 25.1 Å². The molecule has 0 aliphatic rings. The van der Waals surface area contributed by atoms with Crippen molar-refractivity contribution in [3.63, 3.8) is 0 Å². The van der Waals surface area contributed by atoms with Gasteiger partial charge in [-0.25, -0.2) is 9.67 Å². The van der Waals surface area contributed by atoms with E-state index in [0.717, 1.165) is 16.7 Å². The lowest BCUT2D eigenvalue weighted by molar-refractivity contribution is 0.0951. The summed E-state index contributed by atoms with van der Waals surface area (Å²) in [7, 11) is 1.48. The summed E-state index contributed by atoms with van der Waals surface area (Å²) in [5.74, 6) is 0.610. The van der Waals surface area contributed by atoms with Crippen molar-refractivity contribution in [3.8, 4) is 28.8 Å². The highest BCUT2D eigenvalue weighted by Crippen LogP contribution is 2.20. The molecule has 152 valence electrons. The van der Waals surface area contributed by atoms with Crippen molar-refractivity contribution < 1.29 is 9.53 Å². The molecule has 0 unspecified atom stereocenters. The number of carbonyl (C=O) groups excluding carboxylic acids is 1. The summed E-state index contributed by atoms with van der Waals surface area (Å²) in [4.78, 5) is 16.7. The highest BCUT2D eigenvalue weighted by Gasteiger charge is 2.12. The van der Waals surface area contributed by atoms with Crippen molar-refractivity contribution >= 4 is 5.91 Å². The largest absolute Gasteiger partial charge is 0.495 e. The molecule has 0 bridgehead atoms. The van der Waals surface area contributed by atoms with Crippen LogP contribution >= 0.6 is 0 Å². The van der Waals surface area contributed by atoms with Crippen molar-refractivity contribution in [1.82, 2.24) is 20.1 Å². The Hall–Kier alpha value is -4.44. The zero-order chi connectivity index (χ0) is 21.6. The first-order valence-electron chi connectivity index (χ1n) is 9.59. The summed E-state index contributed by atoms with van der Waals surface area (Å²) in [6.45, 7) is 0.405. The van der Waals surface area contributed by atoms with Gasteiger partial charge in [0, 0.05) is 18.8 Å². The average Bonchev–Trinajstić information content (AvgIpc) is 3.33. The van der Waals surface area contributed by atoms with Crippen molar-refractivity contribution in [2.24, 2.45) is 0 Å². The Bertz CT molecular complexity index is 1240. The third kappa shape index (κ3) is 4.43. The predicted octanol–water partition coefficient (Wildman–Crippen LogP) is 3.74. The van der Waals surface area contributed by atoms with E-state index in [1.807, 2.05) is 48.5 Å². The molecular weight excluding hydrogens is 390 g/mol. The summed E-state index contributed by atoms with van der Waals surface area (Å²) in [6, 6.07) is 21.8. The second-order valence-electron chi connectivity index (χ2n) is 6.77. The number of pyridine rings is 1. The second kappa shape index (κ2) is 8.93. The first-order chi connectivity index (χ1) is 15.2. The van der Waals surface area contributed by atoms with Crippen molar-refractivity contribution in [3.05, 3.63) is 95.9 Å². The van der Waals surface area contributed by atoms with Crippen LogP contribution in [0, 0.1) is 11.3 Å². The number of ether oxygens (including phenoxy) is 1. The van der Waals surface area contributed by atoms with Crippen molar-refractivity contribution in [1.29, 1.82) is 5.26 Å². The Kier molecular flexibility index (Phi) is 5.72. The lowest BCUT2D eigenvalue weighted by Gasteiger charge is -2.06. The Morgan fingerprint density at radius 1 is 1.10 bits per heavy atom. The summed E-state index contributed by atoms with van der Waals surface area (Å²) >= 11 is 0. The molecule has 7 nitrogen and oxygen atoms in total. The molecule has 0 saturated heterocycles. The Morgan fingerprint density at radius 2 is 1.84 bits per heavy atom. The average molecular weight is 409 g/mol. The molecule has 1 amide bonds. The van der Waals surface area contributed by atoms with E-state index < -0.39 is 0 Å². The zero-order valence-corrected chi connectivity index (χ0v) is 16.8. The number of aromatic nitrogens is 3. The van der Waals surface area contributed by atoms with E-state index >= 15 is 0 Å². The third-order valence-electron chi connectivity index (χ3n) is 4.79. The molecule has 0 saturated carbocycles. The van der Waals surface area contributed by atoms with Crippen LogP contribution in [0.3, 0.4) is 0 Å². The summed E-state index contributed by atoms with van der Waals surface area (Å²) in [5, 5.41) is 16.2. The van der Waals surface area contributed by atoms with Gasteiger partial charge in [-0.3, -0.25) is 4.79 Å². The van der Waals surface area contributed by atoms with Gasteiger partial charge >= 0.3 is 0 Å². The van der Waals surface area contributed by atoms with Gasteiger partial charge in [0.25, 0.3) is 5.91 Å². The second-order valence-corrected chi connectivity index (χ2v) is 6.77. The maximum atomic E-state index is 12.5. The molecule has 0 aliphatic carbocycles. The highest BCUT2D eigenvalue weighted by atomic mass is 16.5. The smallest absolute Gasteiger partial charge is 0.254 e. The van der Waals surface area contributed by atoms with Gasteiger partial charge < -0.3 is 10.1 Å². The van der Waals surface area contributed by atoms with Crippen LogP contribution in [0.2, 0.25) is 0 Å².